The summed E-state index contributed by atoms with van der Waals surface area (Å²) >= 11 is 0. The van der Waals surface area contributed by atoms with Crippen LogP contribution in [0, 0.1) is 17.8 Å². The van der Waals surface area contributed by atoms with Gasteiger partial charge in [-0.15, -0.1) is 0 Å². The van der Waals surface area contributed by atoms with Crippen molar-refractivity contribution < 1.29 is 4.79 Å². The largest absolute Gasteiger partial charge is 0.351 e. The van der Waals surface area contributed by atoms with E-state index in [1.54, 1.807) is 11.0 Å². The molecular formula is C15H24N4O. The fourth-order valence-electron chi connectivity index (χ4n) is 4.00. The number of amides is 1. The first-order valence-corrected chi connectivity index (χ1v) is 7.64. The van der Waals surface area contributed by atoms with Gasteiger partial charge in [-0.3, -0.25) is 4.79 Å². The Bertz CT molecular complexity index is 482. The summed E-state index contributed by atoms with van der Waals surface area (Å²) in [4.78, 5) is 16.5. The highest BCUT2D eigenvalue weighted by Crippen LogP contribution is 2.49. The molecule has 20 heavy (non-hydrogen) atoms. The molecule has 2 bridgehead atoms. The zero-order chi connectivity index (χ0) is 14.3. The molecule has 1 aromatic heterocycles. The third-order valence-electron chi connectivity index (χ3n) is 5.34. The molecule has 0 radical (unpaired) electrons. The van der Waals surface area contributed by atoms with Crippen molar-refractivity contribution in [2.45, 2.75) is 58.0 Å². The van der Waals surface area contributed by atoms with Crippen molar-refractivity contribution in [3.8, 4) is 0 Å². The number of aromatic nitrogens is 3. The van der Waals surface area contributed by atoms with Crippen LogP contribution in [0.4, 0.5) is 0 Å². The van der Waals surface area contributed by atoms with Gasteiger partial charge in [0, 0.05) is 6.04 Å². The molecule has 2 fully saturated rings. The summed E-state index contributed by atoms with van der Waals surface area (Å²) in [6, 6.07) is 0.251. The van der Waals surface area contributed by atoms with Crippen molar-refractivity contribution in [3.63, 3.8) is 0 Å². The van der Waals surface area contributed by atoms with Gasteiger partial charge in [0.2, 0.25) is 5.91 Å². The molecule has 2 aliphatic carbocycles. The second-order valence-corrected chi connectivity index (χ2v) is 7.00. The Balaban J connectivity index is 1.64. The molecule has 3 rings (SSSR count). The molecule has 0 spiro atoms. The maximum atomic E-state index is 12.5. The number of rotatable bonds is 4. The smallest absolute Gasteiger partial charge is 0.247 e. The van der Waals surface area contributed by atoms with Crippen LogP contribution in [0.25, 0.3) is 0 Å². The summed E-state index contributed by atoms with van der Waals surface area (Å²) in [5, 5.41) is 7.30. The minimum Gasteiger partial charge on any atom is -0.351 e. The molecule has 1 amide bonds. The first-order chi connectivity index (χ1) is 9.48. The number of nitrogens with zero attached hydrogens (tertiary/aromatic N) is 3. The highest BCUT2D eigenvalue weighted by Gasteiger charge is 2.43. The summed E-state index contributed by atoms with van der Waals surface area (Å²) in [5.74, 6) is 2.42. The molecule has 2 saturated carbocycles. The van der Waals surface area contributed by atoms with E-state index in [4.69, 9.17) is 0 Å². The van der Waals surface area contributed by atoms with Crippen molar-refractivity contribution in [2.24, 2.45) is 17.8 Å². The van der Waals surface area contributed by atoms with Crippen LogP contribution in [0.1, 0.15) is 46.5 Å². The molecule has 4 atom stereocenters. The van der Waals surface area contributed by atoms with E-state index in [-0.39, 0.29) is 11.9 Å². The average Bonchev–Trinajstić information content (AvgIpc) is 3.15. The van der Waals surface area contributed by atoms with Crippen molar-refractivity contribution >= 4 is 5.91 Å². The van der Waals surface area contributed by atoms with Crippen molar-refractivity contribution in [2.75, 3.05) is 0 Å². The quantitative estimate of drug-likeness (QED) is 0.914. The van der Waals surface area contributed by atoms with Gasteiger partial charge in [0.15, 0.2) is 0 Å². The summed E-state index contributed by atoms with van der Waals surface area (Å²) in [7, 11) is 0. The van der Waals surface area contributed by atoms with Gasteiger partial charge in [0.05, 0.1) is 0 Å². The van der Waals surface area contributed by atoms with E-state index < -0.39 is 5.54 Å². The molecule has 2 aliphatic rings. The van der Waals surface area contributed by atoms with Gasteiger partial charge in [0.1, 0.15) is 18.2 Å². The zero-order valence-corrected chi connectivity index (χ0v) is 12.5. The molecular weight excluding hydrogens is 252 g/mol. The Kier molecular flexibility index (Phi) is 3.30. The summed E-state index contributed by atoms with van der Waals surface area (Å²) in [6.07, 6.45) is 8.47. The molecule has 0 aliphatic heterocycles. The molecule has 5 nitrogen and oxygen atoms in total. The van der Waals surface area contributed by atoms with Crippen molar-refractivity contribution in [1.29, 1.82) is 0 Å². The lowest BCUT2D eigenvalue weighted by Crippen LogP contribution is -2.50. The Hall–Kier alpha value is -1.39. The topological polar surface area (TPSA) is 59.8 Å². The van der Waals surface area contributed by atoms with Crippen LogP contribution in [0.15, 0.2) is 12.7 Å². The molecule has 1 heterocycles. The Morgan fingerprint density at radius 3 is 2.75 bits per heavy atom. The van der Waals surface area contributed by atoms with Crippen LogP contribution in [-0.4, -0.2) is 26.7 Å². The lowest BCUT2D eigenvalue weighted by molar-refractivity contribution is -0.130. The van der Waals surface area contributed by atoms with Gasteiger partial charge < -0.3 is 5.32 Å². The van der Waals surface area contributed by atoms with Crippen LogP contribution < -0.4 is 5.32 Å². The number of hydrogen-bond acceptors (Lipinski definition) is 3. The third-order valence-corrected chi connectivity index (χ3v) is 5.34. The van der Waals surface area contributed by atoms with Gasteiger partial charge in [0.25, 0.3) is 0 Å². The second kappa shape index (κ2) is 4.86. The molecule has 0 aromatic carbocycles. The summed E-state index contributed by atoms with van der Waals surface area (Å²) in [5.41, 5.74) is -0.692. The predicted octanol–water partition coefficient (Wildman–Crippen LogP) is 1.95. The number of carbonyl (C=O) groups is 1. The predicted molar refractivity (Wildman–Crippen MR) is 75.9 cm³/mol. The van der Waals surface area contributed by atoms with E-state index >= 15 is 0 Å². The minimum absolute atomic E-state index is 0.0262. The van der Waals surface area contributed by atoms with Crippen molar-refractivity contribution in [1.82, 2.24) is 20.1 Å². The molecule has 1 aromatic rings. The van der Waals surface area contributed by atoms with Gasteiger partial charge in [-0.1, -0.05) is 6.42 Å². The Morgan fingerprint density at radius 2 is 2.20 bits per heavy atom. The molecule has 1 N–H and O–H groups in total. The normalized spacial score (nSPS) is 30.4. The highest BCUT2D eigenvalue weighted by molar-refractivity contribution is 5.83. The first-order valence-electron chi connectivity index (χ1n) is 7.64. The number of fused-ring (bicyclic) bond motifs is 2. The fourth-order valence-corrected chi connectivity index (χ4v) is 4.00. The molecule has 0 unspecified atom stereocenters. The maximum Gasteiger partial charge on any atom is 0.247 e. The van der Waals surface area contributed by atoms with E-state index in [0.29, 0.717) is 5.92 Å². The van der Waals surface area contributed by atoms with E-state index in [0.717, 1.165) is 11.8 Å². The minimum atomic E-state index is -0.692. The van der Waals surface area contributed by atoms with Crippen LogP contribution in [0.2, 0.25) is 0 Å². The van der Waals surface area contributed by atoms with Crippen LogP contribution >= 0.6 is 0 Å². The number of carbonyl (C=O) groups excluding carboxylic acids is 1. The Labute approximate surface area is 120 Å². The fraction of sp³-hybridized carbons (Fsp3) is 0.800. The first kappa shape index (κ1) is 13.6. The maximum absolute atomic E-state index is 12.5. The van der Waals surface area contributed by atoms with Gasteiger partial charge >= 0.3 is 0 Å². The van der Waals surface area contributed by atoms with E-state index in [1.807, 2.05) is 13.8 Å². The van der Waals surface area contributed by atoms with E-state index in [2.05, 4.69) is 22.3 Å². The van der Waals surface area contributed by atoms with E-state index in [1.165, 1.54) is 32.0 Å². The molecule has 0 saturated heterocycles. The van der Waals surface area contributed by atoms with Gasteiger partial charge in [-0.2, -0.15) is 5.10 Å². The molecule has 5 heteroatoms. The Morgan fingerprint density at radius 1 is 1.40 bits per heavy atom. The lowest BCUT2D eigenvalue weighted by Gasteiger charge is -2.32. The van der Waals surface area contributed by atoms with Crippen LogP contribution in [-0.2, 0) is 10.3 Å². The summed E-state index contributed by atoms with van der Waals surface area (Å²) in [6.45, 7) is 5.91. The van der Waals surface area contributed by atoms with Crippen LogP contribution in [0.5, 0.6) is 0 Å². The SMILES string of the molecule is C[C@@H](NC(=O)C(C)(C)n1cncn1)[C@H]1C[C@H]2CC[C@H]1C2. The average molecular weight is 276 g/mol. The van der Waals surface area contributed by atoms with Crippen LogP contribution in [0.3, 0.4) is 0 Å². The molecule has 110 valence electrons. The van der Waals surface area contributed by atoms with E-state index in [9.17, 15) is 4.79 Å². The lowest BCUT2D eigenvalue weighted by atomic mass is 9.83. The number of nitrogens with one attached hydrogen (secondary N) is 1. The second-order valence-electron chi connectivity index (χ2n) is 7.00. The standard InChI is InChI=1S/C15H24N4O/c1-10(13-7-11-4-5-12(13)6-11)18-14(20)15(2,3)19-9-16-8-17-19/h8-13H,4-7H2,1-3H3,(H,18,20)/t10-,11+,12+,13-/m1/s1. The third kappa shape index (κ3) is 2.23. The van der Waals surface area contributed by atoms with Gasteiger partial charge in [-0.25, -0.2) is 9.67 Å². The monoisotopic (exact) mass is 276 g/mol. The van der Waals surface area contributed by atoms with Gasteiger partial charge in [-0.05, 0) is 57.8 Å². The zero-order valence-electron chi connectivity index (χ0n) is 12.5. The van der Waals surface area contributed by atoms with Crippen molar-refractivity contribution in [3.05, 3.63) is 12.7 Å². The number of hydrogen-bond donors (Lipinski definition) is 1. The highest BCUT2D eigenvalue weighted by atomic mass is 16.2. The summed E-state index contributed by atoms with van der Waals surface area (Å²) < 4.78 is 1.62.